The molecule has 2 N–H and O–H groups in total. The van der Waals surface area contributed by atoms with Gasteiger partial charge in [-0.25, -0.2) is 9.97 Å². The molecular formula is C19H18F3N5O3. The zero-order valence-corrected chi connectivity index (χ0v) is 15.7. The number of aromatic nitrogens is 2. The second-order valence-corrected chi connectivity index (χ2v) is 7.05. The maximum absolute atomic E-state index is 13.2. The molecule has 30 heavy (non-hydrogen) atoms. The number of nitrogens with one attached hydrogen (secondary N) is 2. The van der Waals surface area contributed by atoms with Gasteiger partial charge in [-0.1, -0.05) is 0 Å². The summed E-state index contributed by atoms with van der Waals surface area (Å²) < 4.78 is 45.0. The average molecular weight is 421 g/mol. The summed E-state index contributed by atoms with van der Waals surface area (Å²) in [5.41, 5.74) is -1.21. The maximum Gasteiger partial charge on any atom is 0.416 e. The van der Waals surface area contributed by atoms with Gasteiger partial charge in [0.25, 0.3) is 5.91 Å². The lowest BCUT2D eigenvalue weighted by Gasteiger charge is -2.32. The van der Waals surface area contributed by atoms with Crippen LogP contribution in [-0.4, -0.2) is 41.5 Å². The Balaban J connectivity index is 1.49. The summed E-state index contributed by atoms with van der Waals surface area (Å²) in [4.78, 5) is 34.3. The third kappa shape index (κ3) is 4.14. The van der Waals surface area contributed by atoms with Crippen molar-refractivity contribution in [3.8, 4) is 5.75 Å². The average Bonchev–Trinajstić information content (AvgIpc) is 2.73. The number of amides is 2. The van der Waals surface area contributed by atoms with E-state index in [4.69, 9.17) is 4.74 Å². The zero-order chi connectivity index (χ0) is 21.3. The van der Waals surface area contributed by atoms with Crippen LogP contribution in [0.1, 0.15) is 18.4 Å². The molecule has 0 atom stereocenters. The Bertz CT molecular complexity index is 960. The standard InChI is InChI=1S/C19H18F3N5O3/c20-19(21,22)12-7-13-17(30-9-16(28)25-13)14(8-12)26-18(29)11-2-5-27(6-3-11)15-1-4-23-10-24-15/h1,4,7-8,10-11H,2-3,5-6,9H2,(H,25,28)(H,26,29). The Morgan fingerprint density at radius 3 is 2.70 bits per heavy atom. The van der Waals surface area contributed by atoms with Gasteiger partial charge in [0.05, 0.1) is 16.9 Å². The van der Waals surface area contributed by atoms with Gasteiger partial charge in [-0.05, 0) is 31.0 Å². The highest BCUT2D eigenvalue weighted by Crippen LogP contribution is 2.42. The van der Waals surface area contributed by atoms with E-state index in [0.717, 1.165) is 18.0 Å². The van der Waals surface area contributed by atoms with Gasteiger partial charge in [0.15, 0.2) is 12.4 Å². The summed E-state index contributed by atoms with van der Waals surface area (Å²) in [6.07, 6.45) is -0.511. The van der Waals surface area contributed by atoms with Crippen LogP contribution < -0.4 is 20.3 Å². The number of alkyl halides is 3. The van der Waals surface area contributed by atoms with Crippen LogP contribution >= 0.6 is 0 Å². The van der Waals surface area contributed by atoms with Crippen LogP contribution in [0.25, 0.3) is 0 Å². The molecule has 0 unspecified atom stereocenters. The molecule has 4 rings (SSSR count). The molecule has 2 aliphatic heterocycles. The first kappa shape index (κ1) is 19.9. The van der Waals surface area contributed by atoms with Gasteiger partial charge in [-0.15, -0.1) is 0 Å². The highest BCUT2D eigenvalue weighted by atomic mass is 19.4. The lowest BCUT2D eigenvalue weighted by Crippen LogP contribution is -2.38. The van der Waals surface area contributed by atoms with Gasteiger partial charge in [-0.2, -0.15) is 13.2 Å². The van der Waals surface area contributed by atoms with E-state index in [2.05, 4.69) is 20.6 Å². The van der Waals surface area contributed by atoms with Crippen LogP contribution in [0, 0.1) is 5.92 Å². The van der Waals surface area contributed by atoms with Crippen LogP contribution in [0.3, 0.4) is 0 Å². The van der Waals surface area contributed by atoms with Crippen molar-refractivity contribution in [3.05, 3.63) is 36.3 Å². The topological polar surface area (TPSA) is 96.5 Å². The number of fused-ring (bicyclic) bond motifs is 1. The number of rotatable bonds is 3. The number of halogens is 3. The Morgan fingerprint density at radius 1 is 1.27 bits per heavy atom. The van der Waals surface area contributed by atoms with E-state index >= 15 is 0 Å². The lowest BCUT2D eigenvalue weighted by atomic mass is 9.95. The van der Waals surface area contributed by atoms with Crippen LogP contribution in [0.4, 0.5) is 30.4 Å². The second kappa shape index (κ2) is 7.81. The van der Waals surface area contributed by atoms with Crippen molar-refractivity contribution in [3.63, 3.8) is 0 Å². The van der Waals surface area contributed by atoms with Crippen molar-refractivity contribution in [1.29, 1.82) is 0 Å². The van der Waals surface area contributed by atoms with Crippen molar-refractivity contribution in [1.82, 2.24) is 9.97 Å². The Hall–Kier alpha value is -3.37. The Morgan fingerprint density at radius 2 is 2.03 bits per heavy atom. The van der Waals surface area contributed by atoms with Gasteiger partial charge in [0, 0.05) is 25.2 Å². The Kier molecular flexibility index (Phi) is 5.18. The molecule has 1 saturated heterocycles. The molecule has 3 heterocycles. The van der Waals surface area contributed by atoms with E-state index in [-0.39, 0.29) is 35.6 Å². The molecule has 2 aromatic rings. The van der Waals surface area contributed by atoms with Crippen LogP contribution in [0.15, 0.2) is 30.7 Å². The van der Waals surface area contributed by atoms with Gasteiger partial charge in [-0.3, -0.25) is 9.59 Å². The first-order valence-electron chi connectivity index (χ1n) is 9.31. The summed E-state index contributed by atoms with van der Waals surface area (Å²) in [5.74, 6) is -0.531. The molecule has 11 heteroatoms. The van der Waals surface area contributed by atoms with E-state index < -0.39 is 17.6 Å². The van der Waals surface area contributed by atoms with E-state index in [1.807, 2.05) is 4.90 Å². The molecule has 8 nitrogen and oxygen atoms in total. The molecule has 0 spiro atoms. The number of carbonyl (C=O) groups excluding carboxylic acids is 2. The number of anilines is 3. The highest BCUT2D eigenvalue weighted by molar-refractivity contribution is 6.00. The predicted molar refractivity (Wildman–Crippen MR) is 101 cm³/mol. The smallest absolute Gasteiger partial charge is 0.416 e. The minimum Gasteiger partial charge on any atom is -0.479 e. The highest BCUT2D eigenvalue weighted by Gasteiger charge is 2.35. The first-order chi connectivity index (χ1) is 14.3. The van der Waals surface area contributed by atoms with Crippen molar-refractivity contribution in [2.75, 3.05) is 35.2 Å². The summed E-state index contributed by atoms with van der Waals surface area (Å²) in [7, 11) is 0. The molecule has 1 aromatic heterocycles. The number of hydrogen-bond acceptors (Lipinski definition) is 6. The predicted octanol–water partition coefficient (Wildman–Crippen LogP) is 2.68. The maximum atomic E-state index is 13.2. The van der Waals surface area contributed by atoms with E-state index in [1.165, 1.54) is 6.33 Å². The normalized spacial score (nSPS) is 17.0. The van der Waals surface area contributed by atoms with Crippen LogP contribution in [-0.2, 0) is 15.8 Å². The van der Waals surface area contributed by atoms with Crippen molar-refractivity contribution in [2.45, 2.75) is 19.0 Å². The molecule has 0 saturated carbocycles. The molecular weight excluding hydrogens is 403 g/mol. The van der Waals surface area contributed by atoms with Crippen LogP contribution in [0.5, 0.6) is 5.75 Å². The number of benzene rings is 1. The number of ether oxygens (including phenoxy) is 1. The number of piperidine rings is 1. The lowest BCUT2D eigenvalue weighted by molar-refractivity contribution is -0.137. The molecule has 2 aliphatic rings. The summed E-state index contributed by atoms with van der Waals surface area (Å²) >= 11 is 0. The summed E-state index contributed by atoms with van der Waals surface area (Å²) in [5, 5.41) is 4.92. The second-order valence-electron chi connectivity index (χ2n) is 7.05. The van der Waals surface area contributed by atoms with Crippen molar-refractivity contribution >= 4 is 29.0 Å². The van der Waals surface area contributed by atoms with Gasteiger partial charge in [0.2, 0.25) is 5.91 Å². The van der Waals surface area contributed by atoms with Gasteiger partial charge >= 0.3 is 6.18 Å². The number of carbonyl (C=O) groups is 2. The fraction of sp³-hybridized carbons (Fsp3) is 0.368. The molecule has 158 valence electrons. The minimum absolute atomic E-state index is 0.0226. The first-order valence-corrected chi connectivity index (χ1v) is 9.31. The molecule has 0 aliphatic carbocycles. The largest absolute Gasteiger partial charge is 0.479 e. The monoisotopic (exact) mass is 421 g/mol. The van der Waals surface area contributed by atoms with Crippen LogP contribution in [0.2, 0.25) is 0 Å². The van der Waals surface area contributed by atoms with Crippen molar-refractivity contribution in [2.24, 2.45) is 5.92 Å². The fourth-order valence-corrected chi connectivity index (χ4v) is 3.53. The minimum atomic E-state index is -4.64. The Labute approximate surface area is 169 Å². The summed E-state index contributed by atoms with van der Waals surface area (Å²) in [6.45, 7) is 0.837. The zero-order valence-electron chi connectivity index (χ0n) is 15.7. The third-order valence-corrected chi connectivity index (χ3v) is 5.05. The van der Waals surface area contributed by atoms with E-state index in [0.29, 0.717) is 25.9 Å². The molecule has 0 radical (unpaired) electrons. The number of hydrogen-bond donors (Lipinski definition) is 2. The van der Waals surface area contributed by atoms with Gasteiger partial charge in [0.1, 0.15) is 12.1 Å². The molecule has 1 fully saturated rings. The molecule has 0 bridgehead atoms. The van der Waals surface area contributed by atoms with Gasteiger partial charge < -0.3 is 20.3 Å². The van der Waals surface area contributed by atoms with Crippen molar-refractivity contribution < 1.29 is 27.5 Å². The summed E-state index contributed by atoms with van der Waals surface area (Å²) in [6, 6.07) is 3.40. The van der Waals surface area contributed by atoms with E-state index in [9.17, 15) is 22.8 Å². The van der Waals surface area contributed by atoms with E-state index in [1.54, 1.807) is 12.3 Å². The fourth-order valence-electron chi connectivity index (χ4n) is 3.53. The SMILES string of the molecule is O=C1COc2c(cc(C(F)(F)F)cc2NC(=O)C2CCN(c3ccncn3)CC2)N1. The third-order valence-electron chi connectivity index (χ3n) is 5.05. The number of nitrogens with zero attached hydrogens (tertiary/aromatic N) is 3. The molecule has 2 amide bonds. The molecule has 1 aromatic carbocycles. The quantitative estimate of drug-likeness (QED) is 0.791.